The fraction of sp³-hybridized carbons (Fsp3) is 0.688. The molecular weight excluding hydrogens is 253 g/mol. The third-order valence-electron chi connectivity index (χ3n) is 3.57. The number of rotatable bonds is 9. The second kappa shape index (κ2) is 9.03. The molecule has 2 unspecified atom stereocenters. The number of pyridine rings is 1. The van der Waals surface area contributed by atoms with Gasteiger partial charge in [-0.2, -0.15) is 0 Å². The summed E-state index contributed by atoms with van der Waals surface area (Å²) < 4.78 is 13.0. The Hall–Kier alpha value is -1.00. The largest absolute Gasteiger partial charge is 0.311 e. The van der Waals surface area contributed by atoms with E-state index in [1.54, 1.807) is 6.07 Å². The first-order chi connectivity index (χ1) is 9.62. The van der Waals surface area contributed by atoms with Crippen molar-refractivity contribution in [3.63, 3.8) is 0 Å². The van der Waals surface area contributed by atoms with E-state index in [1.807, 2.05) is 7.05 Å². The van der Waals surface area contributed by atoms with Gasteiger partial charge in [-0.15, -0.1) is 0 Å². The van der Waals surface area contributed by atoms with Gasteiger partial charge in [0, 0.05) is 6.54 Å². The Balaban J connectivity index is 2.70. The molecule has 0 radical (unpaired) electrons. The highest BCUT2D eigenvalue weighted by Crippen LogP contribution is 2.21. The lowest BCUT2D eigenvalue weighted by atomic mass is 9.97. The van der Waals surface area contributed by atoms with Crippen LogP contribution in [0.25, 0.3) is 0 Å². The van der Waals surface area contributed by atoms with Crippen molar-refractivity contribution in [2.24, 2.45) is 5.92 Å². The SMILES string of the molecule is CCCN(CCC)CC(C)C(NC)c1ccc(F)cn1. The van der Waals surface area contributed by atoms with Gasteiger partial charge in [0.25, 0.3) is 0 Å². The van der Waals surface area contributed by atoms with Crippen molar-refractivity contribution in [3.05, 3.63) is 29.8 Å². The molecule has 0 saturated heterocycles. The van der Waals surface area contributed by atoms with E-state index in [0.717, 1.165) is 25.3 Å². The molecule has 0 amide bonds. The Morgan fingerprint density at radius 2 is 1.90 bits per heavy atom. The van der Waals surface area contributed by atoms with E-state index in [1.165, 1.54) is 25.1 Å². The summed E-state index contributed by atoms with van der Waals surface area (Å²) in [6, 6.07) is 3.42. The van der Waals surface area contributed by atoms with E-state index >= 15 is 0 Å². The Kier molecular flexibility index (Phi) is 7.70. The van der Waals surface area contributed by atoms with Crippen molar-refractivity contribution in [3.8, 4) is 0 Å². The van der Waals surface area contributed by atoms with Crippen LogP contribution >= 0.6 is 0 Å². The van der Waals surface area contributed by atoms with Gasteiger partial charge in [0.2, 0.25) is 0 Å². The molecule has 0 aliphatic heterocycles. The number of nitrogens with zero attached hydrogens (tertiary/aromatic N) is 2. The van der Waals surface area contributed by atoms with E-state index in [-0.39, 0.29) is 11.9 Å². The molecular formula is C16H28FN3. The van der Waals surface area contributed by atoms with Gasteiger partial charge >= 0.3 is 0 Å². The molecule has 1 N–H and O–H groups in total. The molecule has 0 aromatic carbocycles. The molecule has 0 aliphatic rings. The normalized spacial score (nSPS) is 14.5. The van der Waals surface area contributed by atoms with Gasteiger partial charge in [-0.05, 0) is 51.0 Å². The molecule has 3 nitrogen and oxygen atoms in total. The molecule has 20 heavy (non-hydrogen) atoms. The second-order valence-electron chi connectivity index (χ2n) is 5.45. The van der Waals surface area contributed by atoms with E-state index in [0.29, 0.717) is 5.92 Å². The van der Waals surface area contributed by atoms with Crippen LogP contribution in [0, 0.1) is 11.7 Å². The standard InChI is InChI=1S/C16H28FN3/c1-5-9-20(10-6-2)12-13(3)16(18-4)15-8-7-14(17)11-19-15/h7-8,11,13,16,18H,5-6,9-10,12H2,1-4H3. The Morgan fingerprint density at radius 3 is 2.35 bits per heavy atom. The lowest BCUT2D eigenvalue weighted by molar-refractivity contribution is 0.212. The van der Waals surface area contributed by atoms with Gasteiger partial charge in [0.05, 0.1) is 17.9 Å². The predicted molar refractivity (Wildman–Crippen MR) is 82.2 cm³/mol. The molecule has 0 spiro atoms. The third-order valence-corrected chi connectivity index (χ3v) is 3.57. The highest BCUT2D eigenvalue weighted by atomic mass is 19.1. The van der Waals surface area contributed by atoms with Gasteiger partial charge in [-0.3, -0.25) is 4.98 Å². The van der Waals surface area contributed by atoms with Crippen LogP contribution in [0.5, 0.6) is 0 Å². The molecule has 1 heterocycles. The smallest absolute Gasteiger partial charge is 0.141 e. The Bertz CT molecular complexity index is 360. The highest BCUT2D eigenvalue weighted by Gasteiger charge is 2.21. The summed E-state index contributed by atoms with van der Waals surface area (Å²) in [6.45, 7) is 9.95. The van der Waals surface area contributed by atoms with E-state index in [2.05, 4.69) is 36.0 Å². The lowest BCUT2D eigenvalue weighted by Crippen LogP contribution is -2.36. The maximum Gasteiger partial charge on any atom is 0.141 e. The summed E-state index contributed by atoms with van der Waals surface area (Å²) in [5.41, 5.74) is 0.911. The zero-order chi connectivity index (χ0) is 15.0. The highest BCUT2D eigenvalue weighted by molar-refractivity contribution is 5.10. The van der Waals surface area contributed by atoms with Gasteiger partial charge in [-0.25, -0.2) is 4.39 Å². The molecule has 0 bridgehead atoms. The Morgan fingerprint density at radius 1 is 1.25 bits per heavy atom. The van der Waals surface area contributed by atoms with E-state index in [9.17, 15) is 4.39 Å². The number of nitrogens with one attached hydrogen (secondary N) is 1. The van der Waals surface area contributed by atoms with Gasteiger partial charge in [0.15, 0.2) is 0 Å². The van der Waals surface area contributed by atoms with Crippen LogP contribution in [0.4, 0.5) is 4.39 Å². The summed E-state index contributed by atoms with van der Waals surface area (Å²) in [5.74, 6) is 0.144. The van der Waals surface area contributed by atoms with Gasteiger partial charge in [-0.1, -0.05) is 20.8 Å². The number of aromatic nitrogens is 1. The van der Waals surface area contributed by atoms with Gasteiger partial charge in [0.1, 0.15) is 5.82 Å². The first-order valence-corrected chi connectivity index (χ1v) is 7.63. The maximum absolute atomic E-state index is 13.0. The van der Waals surface area contributed by atoms with Crippen molar-refractivity contribution in [1.82, 2.24) is 15.2 Å². The van der Waals surface area contributed by atoms with E-state index in [4.69, 9.17) is 0 Å². The minimum Gasteiger partial charge on any atom is -0.311 e. The number of hydrogen-bond donors (Lipinski definition) is 1. The van der Waals surface area contributed by atoms with Crippen molar-refractivity contribution < 1.29 is 4.39 Å². The fourth-order valence-electron chi connectivity index (χ4n) is 2.73. The van der Waals surface area contributed by atoms with E-state index < -0.39 is 0 Å². The van der Waals surface area contributed by atoms with Crippen molar-refractivity contribution >= 4 is 0 Å². The summed E-state index contributed by atoms with van der Waals surface area (Å²) in [5, 5.41) is 3.32. The average Bonchev–Trinajstić information content (AvgIpc) is 2.42. The first-order valence-electron chi connectivity index (χ1n) is 7.63. The zero-order valence-electron chi connectivity index (χ0n) is 13.2. The van der Waals surface area contributed by atoms with Crippen LogP contribution in [0.15, 0.2) is 18.3 Å². The van der Waals surface area contributed by atoms with Gasteiger partial charge < -0.3 is 10.2 Å². The fourth-order valence-corrected chi connectivity index (χ4v) is 2.73. The third kappa shape index (κ3) is 5.17. The topological polar surface area (TPSA) is 28.2 Å². The second-order valence-corrected chi connectivity index (χ2v) is 5.45. The summed E-state index contributed by atoms with van der Waals surface area (Å²) in [4.78, 5) is 6.71. The average molecular weight is 281 g/mol. The molecule has 114 valence electrons. The molecule has 1 aromatic heterocycles. The van der Waals surface area contributed by atoms with Crippen LogP contribution < -0.4 is 5.32 Å². The molecule has 0 aliphatic carbocycles. The molecule has 4 heteroatoms. The van der Waals surface area contributed by atoms with Crippen molar-refractivity contribution in [2.45, 2.75) is 39.7 Å². The van der Waals surface area contributed by atoms with Crippen molar-refractivity contribution in [2.75, 3.05) is 26.7 Å². The molecule has 1 aromatic rings. The number of hydrogen-bond acceptors (Lipinski definition) is 3. The minimum atomic E-state index is -0.283. The van der Waals surface area contributed by atoms with Crippen molar-refractivity contribution in [1.29, 1.82) is 0 Å². The molecule has 0 fully saturated rings. The number of halogens is 1. The maximum atomic E-state index is 13.0. The van der Waals surface area contributed by atoms with Crippen LogP contribution in [-0.4, -0.2) is 36.6 Å². The molecule has 1 rings (SSSR count). The quantitative estimate of drug-likeness (QED) is 0.753. The van der Waals surface area contributed by atoms with Crippen LogP contribution in [0.1, 0.15) is 45.3 Å². The Labute approximate surface area is 122 Å². The summed E-state index contributed by atoms with van der Waals surface area (Å²) in [6.07, 6.45) is 3.64. The first kappa shape index (κ1) is 17.1. The van der Waals surface area contributed by atoms with Crippen LogP contribution in [0.2, 0.25) is 0 Å². The molecule has 0 saturated carbocycles. The summed E-state index contributed by atoms with van der Waals surface area (Å²) >= 11 is 0. The molecule has 2 atom stereocenters. The summed E-state index contributed by atoms with van der Waals surface area (Å²) in [7, 11) is 1.94. The van der Waals surface area contributed by atoms with Crippen LogP contribution in [0.3, 0.4) is 0 Å². The van der Waals surface area contributed by atoms with Crippen LogP contribution in [-0.2, 0) is 0 Å². The minimum absolute atomic E-state index is 0.159. The lowest BCUT2D eigenvalue weighted by Gasteiger charge is -2.29. The predicted octanol–water partition coefficient (Wildman–Crippen LogP) is 3.24. The zero-order valence-corrected chi connectivity index (χ0v) is 13.2. The monoisotopic (exact) mass is 281 g/mol.